The summed E-state index contributed by atoms with van der Waals surface area (Å²) in [5, 5.41) is 9.33. The second kappa shape index (κ2) is 4.29. The smallest absolute Gasteiger partial charge is 0.502 e. The first kappa shape index (κ1) is 12.1. The molecular weight excluding hydrogens is 330 g/mol. The summed E-state index contributed by atoms with van der Waals surface area (Å²) in [5.41, 5.74) is 0. The highest BCUT2D eigenvalue weighted by Gasteiger charge is 2.33. The molecule has 1 heterocycles. The Bertz CT molecular complexity index is 369. The lowest BCUT2D eigenvalue weighted by Gasteiger charge is -2.13. The molecule has 0 saturated heterocycles. The van der Waals surface area contributed by atoms with Gasteiger partial charge in [-0.2, -0.15) is 0 Å². The van der Waals surface area contributed by atoms with E-state index in [0.29, 0.717) is 0 Å². The maximum Gasteiger partial charge on any atom is 0.573 e. The largest absolute Gasteiger partial charge is 0.573 e. The highest BCUT2D eigenvalue weighted by Crippen LogP contribution is 2.40. The molecule has 15 heavy (non-hydrogen) atoms. The molecule has 0 bridgehead atoms. The van der Waals surface area contributed by atoms with Crippen LogP contribution in [0.4, 0.5) is 13.2 Å². The minimum absolute atomic E-state index is 0.124. The number of hydrogen-bond acceptors (Lipinski definition) is 4. The van der Waals surface area contributed by atoms with Gasteiger partial charge in [0.05, 0.1) is 13.3 Å². The number of methoxy groups -OCH3 is 1. The van der Waals surface area contributed by atoms with Crippen LogP contribution < -0.4 is 9.47 Å². The maximum atomic E-state index is 11.9. The van der Waals surface area contributed by atoms with Gasteiger partial charge in [-0.15, -0.1) is 13.2 Å². The Kier molecular flexibility index (Phi) is 3.47. The second-order valence-electron chi connectivity index (χ2n) is 2.34. The van der Waals surface area contributed by atoms with E-state index >= 15 is 0 Å². The molecule has 0 spiro atoms. The number of pyridine rings is 1. The minimum Gasteiger partial charge on any atom is -0.502 e. The van der Waals surface area contributed by atoms with E-state index in [9.17, 15) is 18.3 Å². The van der Waals surface area contributed by atoms with Crippen molar-refractivity contribution in [2.24, 2.45) is 0 Å². The van der Waals surface area contributed by atoms with Gasteiger partial charge in [-0.25, -0.2) is 4.98 Å². The molecular formula is C7H5F3INO3. The van der Waals surface area contributed by atoms with E-state index in [1.54, 1.807) is 22.6 Å². The predicted molar refractivity (Wildman–Crippen MR) is 51.9 cm³/mol. The Morgan fingerprint density at radius 2 is 2.07 bits per heavy atom. The van der Waals surface area contributed by atoms with Crippen molar-refractivity contribution in [3.63, 3.8) is 0 Å². The summed E-state index contributed by atoms with van der Waals surface area (Å²) in [6.45, 7) is 0. The van der Waals surface area contributed by atoms with Crippen LogP contribution in [-0.4, -0.2) is 23.6 Å². The summed E-state index contributed by atoms with van der Waals surface area (Å²) >= 11 is 1.65. The zero-order valence-corrected chi connectivity index (χ0v) is 9.46. The third-order valence-corrected chi connectivity index (χ3v) is 2.15. The van der Waals surface area contributed by atoms with Crippen molar-refractivity contribution >= 4 is 22.6 Å². The molecule has 0 unspecified atom stereocenters. The summed E-state index contributed by atoms with van der Waals surface area (Å²) < 4.78 is 44.0. The van der Waals surface area contributed by atoms with Gasteiger partial charge in [0.15, 0.2) is 11.5 Å². The Morgan fingerprint density at radius 3 is 2.53 bits per heavy atom. The summed E-state index contributed by atoms with van der Waals surface area (Å²) in [7, 11) is 1.12. The van der Waals surface area contributed by atoms with Crippen molar-refractivity contribution in [1.82, 2.24) is 4.98 Å². The standard InChI is InChI=1S/C7H5F3INO3/c1-14-5-3(15-7(8,9)10)2-12-6(11)4(5)13/h2,13H,1H3. The first-order valence-corrected chi connectivity index (χ1v) is 4.60. The fourth-order valence-corrected chi connectivity index (χ4v) is 1.22. The Balaban J connectivity index is 3.14. The molecule has 0 saturated carbocycles. The van der Waals surface area contributed by atoms with Crippen LogP contribution in [0.5, 0.6) is 17.2 Å². The normalized spacial score (nSPS) is 11.3. The fourth-order valence-electron chi connectivity index (χ4n) is 0.840. The van der Waals surface area contributed by atoms with Crippen LogP contribution in [0.2, 0.25) is 0 Å². The number of alkyl halides is 3. The van der Waals surface area contributed by atoms with E-state index < -0.39 is 23.6 Å². The fraction of sp³-hybridized carbons (Fsp3) is 0.286. The van der Waals surface area contributed by atoms with Crippen molar-refractivity contribution in [2.75, 3.05) is 7.11 Å². The van der Waals surface area contributed by atoms with Crippen molar-refractivity contribution in [3.8, 4) is 17.2 Å². The second-order valence-corrected chi connectivity index (χ2v) is 3.36. The Morgan fingerprint density at radius 1 is 1.47 bits per heavy atom. The Labute approximate surface area is 96.2 Å². The Hall–Kier alpha value is -0.930. The highest BCUT2D eigenvalue weighted by molar-refractivity contribution is 14.1. The van der Waals surface area contributed by atoms with E-state index in [4.69, 9.17) is 0 Å². The lowest BCUT2D eigenvalue weighted by atomic mass is 10.4. The van der Waals surface area contributed by atoms with E-state index in [0.717, 1.165) is 13.3 Å². The summed E-state index contributed by atoms with van der Waals surface area (Å²) in [4.78, 5) is 3.50. The first-order chi connectivity index (χ1) is 6.85. The number of nitrogens with zero attached hydrogens (tertiary/aromatic N) is 1. The van der Waals surface area contributed by atoms with E-state index in [1.807, 2.05) is 0 Å². The SMILES string of the molecule is COc1c(OC(F)(F)F)cnc(I)c1O. The van der Waals surface area contributed by atoms with Gasteiger partial charge in [0, 0.05) is 0 Å². The van der Waals surface area contributed by atoms with Gasteiger partial charge in [0.2, 0.25) is 5.75 Å². The van der Waals surface area contributed by atoms with E-state index in [1.165, 1.54) is 0 Å². The molecule has 1 aromatic heterocycles. The van der Waals surface area contributed by atoms with Gasteiger partial charge >= 0.3 is 6.36 Å². The van der Waals surface area contributed by atoms with Crippen molar-refractivity contribution in [1.29, 1.82) is 0 Å². The molecule has 0 atom stereocenters. The average molecular weight is 335 g/mol. The van der Waals surface area contributed by atoms with Crippen molar-refractivity contribution in [2.45, 2.75) is 6.36 Å². The predicted octanol–water partition coefficient (Wildman–Crippen LogP) is 2.30. The van der Waals surface area contributed by atoms with Crippen molar-refractivity contribution in [3.05, 3.63) is 9.90 Å². The molecule has 0 amide bonds. The molecule has 84 valence electrons. The minimum atomic E-state index is -4.85. The van der Waals surface area contributed by atoms with Crippen LogP contribution >= 0.6 is 22.6 Å². The number of ether oxygens (including phenoxy) is 2. The quantitative estimate of drug-likeness (QED) is 0.666. The van der Waals surface area contributed by atoms with Crippen LogP contribution in [-0.2, 0) is 0 Å². The number of rotatable bonds is 2. The lowest BCUT2D eigenvalue weighted by Crippen LogP contribution is -2.17. The third-order valence-electron chi connectivity index (χ3n) is 1.36. The monoisotopic (exact) mass is 335 g/mol. The topological polar surface area (TPSA) is 51.6 Å². The van der Waals surface area contributed by atoms with Gasteiger partial charge in [0.1, 0.15) is 3.70 Å². The summed E-state index contributed by atoms with van der Waals surface area (Å²) in [6.07, 6.45) is -4.03. The molecule has 0 aliphatic carbocycles. The van der Waals surface area contributed by atoms with Crippen LogP contribution in [0.15, 0.2) is 6.20 Å². The number of hydrogen-bond donors (Lipinski definition) is 1. The van der Waals surface area contributed by atoms with Gasteiger partial charge < -0.3 is 14.6 Å². The van der Waals surface area contributed by atoms with Crippen LogP contribution in [0.1, 0.15) is 0 Å². The number of halogens is 4. The molecule has 1 aromatic rings. The number of aromatic hydroxyl groups is 1. The number of aromatic nitrogens is 1. The summed E-state index contributed by atoms with van der Waals surface area (Å²) in [5.74, 6) is -1.56. The molecule has 0 aliphatic heterocycles. The molecule has 8 heteroatoms. The van der Waals surface area contributed by atoms with Crippen LogP contribution in [0.3, 0.4) is 0 Å². The van der Waals surface area contributed by atoms with Gasteiger partial charge in [-0.1, -0.05) is 0 Å². The van der Waals surface area contributed by atoms with Gasteiger partial charge in [-0.3, -0.25) is 0 Å². The molecule has 0 radical (unpaired) electrons. The first-order valence-electron chi connectivity index (χ1n) is 3.52. The van der Waals surface area contributed by atoms with Crippen LogP contribution in [0, 0.1) is 3.70 Å². The molecule has 0 aliphatic rings. The molecule has 0 fully saturated rings. The zero-order chi connectivity index (χ0) is 11.6. The third kappa shape index (κ3) is 3.01. The maximum absolute atomic E-state index is 11.9. The molecule has 4 nitrogen and oxygen atoms in total. The van der Waals surface area contributed by atoms with Crippen LogP contribution in [0.25, 0.3) is 0 Å². The van der Waals surface area contributed by atoms with Gasteiger partial charge in [-0.05, 0) is 22.6 Å². The van der Waals surface area contributed by atoms with Gasteiger partial charge in [0.25, 0.3) is 0 Å². The lowest BCUT2D eigenvalue weighted by molar-refractivity contribution is -0.275. The summed E-state index contributed by atoms with van der Waals surface area (Å²) in [6, 6.07) is 0. The average Bonchev–Trinajstić information content (AvgIpc) is 2.10. The zero-order valence-electron chi connectivity index (χ0n) is 7.30. The molecule has 1 N–H and O–H groups in total. The van der Waals surface area contributed by atoms with Crippen molar-refractivity contribution < 1.29 is 27.8 Å². The van der Waals surface area contributed by atoms with E-state index in [-0.39, 0.29) is 3.70 Å². The molecule has 0 aromatic carbocycles. The highest BCUT2D eigenvalue weighted by atomic mass is 127. The molecule has 1 rings (SSSR count). The van der Waals surface area contributed by atoms with E-state index in [2.05, 4.69) is 14.5 Å².